The van der Waals surface area contributed by atoms with Gasteiger partial charge < -0.3 is 10.6 Å². The average molecular weight is 231 g/mol. The van der Waals surface area contributed by atoms with Gasteiger partial charge in [0.25, 0.3) is 0 Å². The maximum atomic E-state index is 11.2. The Kier molecular flexibility index (Phi) is 7.62. The van der Waals surface area contributed by atoms with E-state index in [-0.39, 0.29) is 24.8 Å². The fourth-order valence-corrected chi connectivity index (χ4v) is 0.989. The summed E-state index contributed by atoms with van der Waals surface area (Å²) in [6.07, 6.45) is 0.276. The Morgan fingerprint density at radius 2 is 2.00 bits per heavy atom. The van der Waals surface area contributed by atoms with Crippen LogP contribution in [0.5, 0.6) is 0 Å². The summed E-state index contributed by atoms with van der Waals surface area (Å²) in [4.78, 5) is 15.9. The summed E-state index contributed by atoms with van der Waals surface area (Å²) in [6.45, 7) is 0.916. The number of halogens is 1. The van der Waals surface area contributed by atoms with Crippen molar-refractivity contribution in [2.24, 2.45) is 5.73 Å². The molecular weight excluding hydrogens is 216 g/mol. The van der Waals surface area contributed by atoms with Crippen molar-refractivity contribution in [1.29, 1.82) is 0 Å². The van der Waals surface area contributed by atoms with Gasteiger partial charge >= 0.3 is 5.97 Å². The monoisotopic (exact) mass is 230 g/mol. The minimum absolute atomic E-state index is 0. The highest BCUT2D eigenvalue weighted by molar-refractivity contribution is 5.85. The number of rotatable bonds is 5. The summed E-state index contributed by atoms with van der Waals surface area (Å²) in [7, 11) is 0. The number of hydrogen-bond acceptors (Lipinski definition) is 4. The van der Waals surface area contributed by atoms with E-state index in [1.807, 2.05) is 30.3 Å². The number of benzene rings is 1. The molecule has 0 saturated heterocycles. The molecule has 0 unspecified atom stereocenters. The number of hydrogen-bond donors (Lipinski definition) is 2. The Morgan fingerprint density at radius 1 is 1.33 bits per heavy atom. The predicted molar refractivity (Wildman–Crippen MR) is 60.5 cm³/mol. The molecule has 0 radical (unpaired) electrons. The Balaban J connectivity index is 0.00000196. The van der Waals surface area contributed by atoms with E-state index >= 15 is 0 Å². The van der Waals surface area contributed by atoms with E-state index in [4.69, 9.17) is 10.6 Å². The number of nitrogens with two attached hydrogens (primary N) is 1. The molecule has 0 aliphatic carbocycles. The Morgan fingerprint density at radius 3 is 2.60 bits per heavy atom. The third-order valence-electron chi connectivity index (χ3n) is 1.62. The van der Waals surface area contributed by atoms with Gasteiger partial charge in [-0.3, -0.25) is 4.79 Å². The van der Waals surface area contributed by atoms with Crippen LogP contribution >= 0.6 is 12.4 Å². The maximum absolute atomic E-state index is 11.2. The Labute approximate surface area is 95.2 Å². The average Bonchev–Trinajstić information content (AvgIpc) is 2.20. The largest absolute Gasteiger partial charge is 0.370 e. The number of carbonyl (C=O) groups is 1. The number of carbonyl (C=O) groups excluding carboxylic acids is 1. The highest BCUT2D eigenvalue weighted by atomic mass is 35.5. The van der Waals surface area contributed by atoms with Crippen LogP contribution in [0.2, 0.25) is 0 Å². The molecule has 3 N–H and O–H groups in total. The molecule has 0 heterocycles. The predicted octanol–water partition coefficient (Wildman–Crippen LogP) is 0.657. The quantitative estimate of drug-likeness (QED) is 0.576. The second kappa shape index (κ2) is 8.23. The lowest BCUT2D eigenvalue weighted by Crippen LogP contribution is -2.26. The second-order valence-electron chi connectivity index (χ2n) is 2.82. The number of nitrogens with one attached hydrogen (secondary N) is 1. The molecule has 0 spiro atoms. The lowest BCUT2D eigenvalue weighted by molar-refractivity contribution is -0.150. The molecule has 0 fully saturated rings. The second-order valence-corrected chi connectivity index (χ2v) is 2.82. The zero-order valence-corrected chi connectivity index (χ0v) is 9.13. The highest BCUT2D eigenvalue weighted by Gasteiger charge is 2.03. The van der Waals surface area contributed by atoms with Crippen LogP contribution in [0.3, 0.4) is 0 Å². The summed E-state index contributed by atoms with van der Waals surface area (Å²) in [6, 6.07) is 9.43. The third-order valence-corrected chi connectivity index (χ3v) is 1.62. The summed E-state index contributed by atoms with van der Waals surface area (Å²) >= 11 is 0. The van der Waals surface area contributed by atoms with Crippen molar-refractivity contribution in [3.05, 3.63) is 35.9 Å². The van der Waals surface area contributed by atoms with Crippen molar-refractivity contribution in [1.82, 2.24) is 5.48 Å². The van der Waals surface area contributed by atoms with E-state index in [9.17, 15) is 4.79 Å². The minimum Gasteiger partial charge on any atom is -0.370 e. The van der Waals surface area contributed by atoms with Crippen molar-refractivity contribution in [2.75, 3.05) is 13.1 Å². The Hall–Kier alpha value is -1.10. The fraction of sp³-hybridized carbons (Fsp3) is 0.300. The van der Waals surface area contributed by atoms with Gasteiger partial charge in [-0.2, -0.15) is 5.48 Å². The van der Waals surface area contributed by atoms with Crippen LogP contribution in [0.4, 0.5) is 0 Å². The van der Waals surface area contributed by atoms with Crippen LogP contribution in [-0.2, 0) is 16.1 Å². The van der Waals surface area contributed by atoms with Gasteiger partial charge in [0.05, 0.1) is 6.42 Å². The SMILES string of the molecule is Cl.NCCNOC(=O)Cc1ccccc1. The van der Waals surface area contributed by atoms with E-state index in [0.29, 0.717) is 13.1 Å². The molecule has 1 rings (SSSR count). The first-order valence-electron chi connectivity index (χ1n) is 4.49. The van der Waals surface area contributed by atoms with Crippen molar-refractivity contribution < 1.29 is 9.63 Å². The summed E-state index contributed by atoms with van der Waals surface area (Å²) in [5, 5.41) is 0. The minimum atomic E-state index is -0.301. The topological polar surface area (TPSA) is 64.3 Å². The molecule has 0 aromatic heterocycles. The van der Waals surface area contributed by atoms with Gasteiger partial charge in [0.2, 0.25) is 0 Å². The van der Waals surface area contributed by atoms with Gasteiger partial charge in [-0.15, -0.1) is 12.4 Å². The van der Waals surface area contributed by atoms with Crippen LogP contribution in [0.15, 0.2) is 30.3 Å². The third kappa shape index (κ3) is 6.06. The first-order chi connectivity index (χ1) is 6.83. The van der Waals surface area contributed by atoms with E-state index in [2.05, 4.69) is 5.48 Å². The lowest BCUT2D eigenvalue weighted by atomic mass is 10.2. The molecule has 1 aromatic rings. The van der Waals surface area contributed by atoms with Gasteiger partial charge in [0.1, 0.15) is 0 Å². The van der Waals surface area contributed by atoms with Crippen molar-refractivity contribution in [2.45, 2.75) is 6.42 Å². The number of hydroxylamine groups is 1. The van der Waals surface area contributed by atoms with Crippen molar-refractivity contribution in [3.8, 4) is 0 Å². The molecule has 0 atom stereocenters. The molecule has 0 saturated carbocycles. The summed E-state index contributed by atoms with van der Waals surface area (Å²) in [5.41, 5.74) is 8.63. The molecule has 0 aliphatic heterocycles. The van der Waals surface area contributed by atoms with Gasteiger partial charge in [0, 0.05) is 13.1 Å². The molecule has 4 nitrogen and oxygen atoms in total. The lowest BCUT2D eigenvalue weighted by Gasteiger charge is -2.03. The first-order valence-corrected chi connectivity index (χ1v) is 4.49. The highest BCUT2D eigenvalue weighted by Crippen LogP contribution is 1.99. The van der Waals surface area contributed by atoms with Crippen molar-refractivity contribution in [3.63, 3.8) is 0 Å². The van der Waals surface area contributed by atoms with Crippen LogP contribution < -0.4 is 11.2 Å². The molecule has 0 aliphatic rings. The van der Waals surface area contributed by atoms with Crippen LogP contribution in [0, 0.1) is 0 Å². The fourth-order valence-electron chi connectivity index (χ4n) is 0.989. The van der Waals surface area contributed by atoms with Crippen LogP contribution in [0.25, 0.3) is 0 Å². The molecule has 1 aromatic carbocycles. The van der Waals surface area contributed by atoms with E-state index in [1.54, 1.807) is 0 Å². The van der Waals surface area contributed by atoms with Gasteiger partial charge in [0.15, 0.2) is 0 Å². The van der Waals surface area contributed by atoms with E-state index in [0.717, 1.165) is 5.56 Å². The normalized spacial score (nSPS) is 9.13. The molecule has 15 heavy (non-hydrogen) atoms. The Bertz CT molecular complexity index is 280. The standard InChI is InChI=1S/C10H14N2O2.ClH/c11-6-7-12-14-10(13)8-9-4-2-1-3-5-9;/h1-5,12H,6-8,11H2;1H. The zero-order chi connectivity index (χ0) is 10.2. The molecule has 5 heteroatoms. The van der Waals surface area contributed by atoms with Crippen molar-refractivity contribution >= 4 is 18.4 Å². The maximum Gasteiger partial charge on any atom is 0.329 e. The molecular formula is C10H15ClN2O2. The first kappa shape index (κ1) is 13.9. The molecule has 84 valence electrons. The van der Waals surface area contributed by atoms with Gasteiger partial charge in [-0.25, -0.2) is 0 Å². The molecule has 0 bridgehead atoms. The van der Waals surface area contributed by atoms with Gasteiger partial charge in [-0.05, 0) is 5.56 Å². The smallest absolute Gasteiger partial charge is 0.329 e. The van der Waals surface area contributed by atoms with Crippen LogP contribution in [0.1, 0.15) is 5.56 Å². The van der Waals surface area contributed by atoms with E-state index < -0.39 is 0 Å². The van der Waals surface area contributed by atoms with Gasteiger partial charge in [-0.1, -0.05) is 30.3 Å². The van der Waals surface area contributed by atoms with Crippen LogP contribution in [-0.4, -0.2) is 19.1 Å². The summed E-state index contributed by atoms with van der Waals surface area (Å²) < 4.78 is 0. The summed E-state index contributed by atoms with van der Waals surface area (Å²) in [5.74, 6) is -0.301. The zero-order valence-electron chi connectivity index (χ0n) is 8.31. The van der Waals surface area contributed by atoms with E-state index in [1.165, 1.54) is 0 Å². The molecule has 0 amide bonds.